The lowest BCUT2D eigenvalue weighted by Crippen LogP contribution is -2.61. The van der Waals surface area contributed by atoms with E-state index in [1.807, 2.05) is 0 Å². The number of benzene rings is 1. The van der Waals surface area contributed by atoms with Gasteiger partial charge >= 0.3 is 5.69 Å². The van der Waals surface area contributed by atoms with Crippen LogP contribution in [0.5, 0.6) is 0 Å². The van der Waals surface area contributed by atoms with Gasteiger partial charge in [-0.25, -0.2) is 13.2 Å². The molecular weight excluding hydrogens is 348 g/mol. The zero-order valence-electron chi connectivity index (χ0n) is 14.2. The van der Waals surface area contributed by atoms with E-state index in [4.69, 9.17) is 4.74 Å². The monoisotopic (exact) mass is 368 g/mol. The van der Waals surface area contributed by atoms with Crippen LogP contribution in [0.1, 0.15) is 0 Å². The maximum atomic E-state index is 12.7. The van der Waals surface area contributed by atoms with Crippen LogP contribution in [-0.2, 0) is 33.7 Å². The summed E-state index contributed by atoms with van der Waals surface area (Å²) in [6.07, 6.45) is 0. The maximum Gasteiger partial charge on any atom is 0.328 e. The third-order valence-electron chi connectivity index (χ3n) is 4.37. The van der Waals surface area contributed by atoms with Gasteiger partial charge in [-0.3, -0.25) is 13.9 Å². The molecule has 1 aliphatic rings. The Labute approximate surface area is 144 Å². The molecule has 1 amide bonds. The molecule has 1 aliphatic heterocycles. The first-order chi connectivity index (χ1) is 11.8. The topological polar surface area (TPSA) is 103 Å². The number of amides is 1. The fourth-order valence-corrected chi connectivity index (χ4v) is 4.47. The van der Waals surface area contributed by atoms with Crippen LogP contribution in [-0.4, -0.2) is 60.6 Å². The van der Waals surface area contributed by atoms with Crippen molar-refractivity contribution >= 4 is 27.0 Å². The number of methoxy groups -OCH3 is 1. The van der Waals surface area contributed by atoms with Gasteiger partial charge in [-0.15, -0.1) is 0 Å². The molecule has 10 heteroatoms. The Morgan fingerprint density at radius 3 is 2.52 bits per heavy atom. The highest BCUT2D eigenvalue weighted by molar-refractivity contribution is 7.89. The van der Waals surface area contributed by atoms with E-state index in [1.54, 1.807) is 20.2 Å². The van der Waals surface area contributed by atoms with Crippen LogP contribution in [0, 0.1) is 0 Å². The van der Waals surface area contributed by atoms with Gasteiger partial charge in [0.1, 0.15) is 6.61 Å². The molecule has 136 valence electrons. The number of sulfonamides is 1. The fourth-order valence-electron chi connectivity index (χ4n) is 2.92. The predicted octanol–water partition coefficient (Wildman–Crippen LogP) is -0.987. The standard InChI is InChI=1S/C15H20N4O5S/c1-17-12-5-4-11(6-13(12)18(2)15(17)21)25(22,23)19-7-10(8-19)16-14(20)9-24-3/h4-6,10H,7-9H2,1-3H3,(H,16,20). The van der Waals surface area contributed by atoms with Gasteiger partial charge in [0.25, 0.3) is 0 Å². The van der Waals surface area contributed by atoms with E-state index in [1.165, 1.54) is 32.7 Å². The number of ether oxygens (including phenoxy) is 1. The largest absolute Gasteiger partial charge is 0.375 e. The van der Waals surface area contributed by atoms with Crippen molar-refractivity contribution in [2.45, 2.75) is 10.9 Å². The lowest BCUT2D eigenvalue weighted by molar-refractivity contribution is -0.126. The number of aromatic nitrogens is 2. The molecule has 0 bridgehead atoms. The lowest BCUT2D eigenvalue weighted by Gasteiger charge is -2.38. The van der Waals surface area contributed by atoms with Crippen molar-refractivity contribution in [3.63, 3.8) is 0 Å². The number of nitrogens with one attached hydrogen (secondary N) is 1. The Morgan fingerprint density at radius 1 is 1.24 bits per heavy atom. The summed E-state index contributed by atoms with van der Waals surface area (Å²) in [6.45, 7) is 0.370. The molecule has 25 heavy (non-hydrogen) atoms. The molecule has 2 aromatic rings. The highest BCUT2D eigenvalue weighted by Gasteiger charge is 2.37. The Balaban J connectivity index is 1.80. The molecule has 0 unspecified atom stereocenters. The minimum atomic E-state index is -3.67. The average Bonchev–Trinajstić information content (AvgIpc) is 2.75. The normalized spacial score (nSPS) is 16.1. The van der Waals surface area contributed by atoms with Crippen LogP contribution in [0.15, 0.2) is 27.9 Å². The van der Waals surface area contributed by atoms with Crippen LogP contribution < -0.4 is 11.0 Å². The molecule has 1 aromatic heterocycles. The number of nitrogens with zero attached hydrogens (tertiary/aromatic N) is 3. The van der Waals surface area contributed by atoms with Gasteiger partial charge in [0.05, 0.1) is 22.0 Å². The minimum Gasteiger partial charge on any atom is -0.375 e. The summed E-state index contributed by atoms with van der Waals surface area (Å²) < 4.78 is 34.3. The van der Waals surface area contributed by atoms with E-state index in [0.717, 1.165) is 0 Å². The second kappa shape index (κ2) is 6.28. The number of imidazole rings is 1. The number of hydrogen-bond acceptors (Lipinski definition) is 5. The van der Waals surface area contributed by atoms with Gasteiger partial charge in [-0.1, -0.05) is 0 Å². The van der Waals surface area contributed by atoms with Crippen molar-refractivity contribution in [3.05, 3.63) is 28.7 Å². The lowest BCUT2D eigenvalue weighted by atomic mass is 10.2. The summed E-state index contributed by atoms with van der Waals surface area (Å²) in [5, 5.41) is 2.70. The third-order valence-corrected chi connectivity index (χ3v) is 6.20. The SMILES string of the molecule is COCC(=O)NC1CN(S(=O)(=O)c2ccc3c(c2)n(C)c(=O)n3C)C1. The average molecular weight is 368 g/mol. The van der Waals surface area contributed by atoms with Gasteiger partial charge in [0.15, 0.2) is 0 Å². The van der Waals surface area contributed by atoms with Crippen LogP contribution in [0.3, 0.4) is 0 Å². The number of hydrogen-bond donors (Lipinski definition) is 1. The quantitative estimate of drug-likeness (QED) is 0.730. The molecule has 0 saturated carbocycles. The molecule has 1 fully saturated rings. The molecule has 1 saturated heterocycles. The second-order valence-electron chi connectivity index (χ2n) is 6.07. The summed E-state index contributed by atoms with van der Waals surface area (Å²) in [4.78, 5) is 23.5. The van der Waals surface area contributed by atoms with Crippen molar-refractivity contribution in [1.82, 2.24) is 18.8 Å². The highest BCUT2D eigenvalue weighted by Crippen LogP contribution is 2.24. The van der Waals surface area contributed by atoms with Crippen LogP contribution in [0.25, 0.3) is 11.0 Å². The fraction of sp³-hybridized carbons (Fsp3) is 0.467. The molecule has 0 spiro atoms. The molecule has 0 aliphatic carbocycles. The van der Waals surface area contributed by atoms with Gasteiger partial charge in [-0.2, -0.15) is 4.31 Å². The molecule has 2 heterocycles. The minimum absolute atomic E-state index is 0.0536. The third kappa shape index (κ3) is 2.96. The van der Waals surface area contributed by atoms with E-state index < -0.39 is 10.0 Å². The van der Waals surface area contributed by atoms with Crippen LogP contribution in [0.4, 0.5) is 0 Å². The van der Waals surface area contributed by atoms with E-state index in [9.17, 15) is 18.0 Å². The van der Waals surface area contributed by atoms with E-state index >= 15 is 0 Å². The number of aryl methyl sites for hydroxylation is 2. The first-order valence-electron chi connectivity index (χ1n) is 7.69. The van der Waals surface area contributed by atoms with E-state index in [0.29, 0.717) is 11.0 Å². The maximum absolute atomic E-state index is 12.7. The number of carbonyl (C=O) groups is 1. The molecule has 1 N–H and O–H groups in total. The van der Waals surface area contributed by atoms with Gasteiger partial charge in [0.2, 0.25) is 15.9 Å². The predicted molar refractivity (Wildman–Crippen MR) is 90.7 cm³/mol. The highest BCUT2D eigenvalue weighted by atomic mass is 32.2. The van der Waals surface area contributed by atoms with Crippen molar-refractivity contribution < 1.29 is 17.9 Å². The molecule has 1 aromatic carbocycles. The van der Waals surface area contributed by atoms with E-state index in [-0.39, 0.29) is 42.2 Å². The Morgan fingerprint density at radius 2 is 1.88 bits per heavy atom. The zero-order chi connectivity index (χ0) is 18.4. The van der Waals surface area contributed by atoms with Gasteiger partial charge in [-0.05, 0) is 18.2 Å². The summed E-state index contributed by atoms with van der Waals surface area (Å²) in [6, 6.07) is 4.40. The van der Waals surface area contributed by atoms with Crippen molar-refractivity contribution in [2.75, 3.05) is 26.8 Å². The zero-order valence-corrected chi connectivity index (χ0v) is 15.0. The first kappa shape index (κ1) is 17.6. The number of rotatable bonds is 5. The smallest absolute Gasteiger partial charge is 0.328 e. The molecular formula is C15H20N4O5S. The van der Waals surface area contributed by atoms with Crippen LogP contribution in [0.2, 0.25) is 0 Å². The summed E-state index contributed by atoms with van der Waals surface area (Å²) in [5.74, 6) is -0.273. The summed E-state index contributed by atoms with van der Waals surface area (Å²) in [7, 11) is 0.996. The summed E-state index contributed by atoms with van der Waals surface area (Å²) in [5.41, 5.74) is 1.01. The molecule has 3 rings (SSSR count). The first-order valence-corrected chi connectivity index (χ1v) is 9.13. The number of fused-ring (bicyclic) bond motifs is 1. The summed E-state index contributed by atoms with van der Waals surface area (Å²) >= 11 is 0. The molecule has 0 atom stereocenters. The van der Waals surface area contributed by atoms with E-state index in [2.05, 4.69) is 5.32 Å². The van der Waals surface area contributed by atoms with Crippen molar-refractivity contribution in [1.29, 1.82) is 0 Å². The Bertz CT molecular complexity index is 985. The van der Waals surface area contributed by atoms with Gasteiger partial charge in [0, 0.05) is 34.3 Å². The Kier molecular flexibility index (Phi) is 4.43. The van der Waals surface area contributed by atoms with Gasteiger partial charge < -0.3 is 10.1 Å². The van der Waals surface area contributed by atoms with Crippen molar-refractivity contribution in [3.8, 4) is 0 Å². The Hall–Kier alpha value is -2.17. The second-order valence-corrected chi connectivity index (χ2v) is 8.01. The van der Waals surface area contributed by atoms with Crippen molar-refractivity contribution in [2.24, 2.45) is 14.1 Å². The molecule has 9 nitrogen and oxygen atoms in total. The van der Waals surface area contributed by atoms with Crippen LogP contribution >= 0.6 is 0 Å². The molecule has 0 radical (unpaired) electrons. The number of carbonyl (C=O) groups excluding carboxylic acids is 1.